The Labute approximate surface area is 167 Å². The molecule has 0 aliphatic rings. The third kappa shape index (κ3) is 4.01. The van der Waals surface area contributed by atoms with Gasteiger partial charge < -0.3 is 14.8 Å². The number of aryl methyl sites for hydroxylation is 2. The molecule has 0 aliphatic heterocycles. The van der Waals surface area contributed by atoms with Gasteiger partial charge in [-0.1, -0.05) is 24.3 Å². The van der Waals surface area contributed by atoms with E-state index < -0.39 is 0 Å². The molecule has 2 aromatic carbocycles. The van der Waals surface area contributed by atoms with Gasteiger partial charge in [0.05, 0.1) is 5.69 Å². The number of phenols is 1. The zero-order valence-corrected chi connectivity index (χ0v) is 16.0. The molecule has 0 spiro atoms. The molecule has 4 rings (SSSR count). The predicted octanol–water partition coefficient (Wildman–Crippen LogP) is 4.63. The number of pyridine rings is 1. The van der Waals surface area contributed by atoms with Crippen LogP contribution in [0.4, 0.5) is 11.5 Å². The van der Waals surface area contributed by atoms with Gasteiger partial charge in [0.25, 0.3) is 5.91 Å². The Morgan fingerprint density at radius 3 is 2.66 bits per heavy atom. The summed E-state index contributed by atoms with van der Waals surface area (Å²) in [5, 5.41) is 13.2. The van der Waals surface area contributed by atoms with Crippen LogP contribution in [0.1, 0.15) is 21.5 Å². The van der Waals surface area contributed by atoms with Crippen LogP contribution in [0, 0.1) is 13.8 Å². The van der Waals surface area contributed by atoms with E-state index in [-0.39, 0.29) is 22.8 Å². The second kappa shape index (κ2) is 7.59. The lowest BCUT2D eigenvalue weighted by Gasteiger charge is -2.07. The molecular formula is C23H19N3O3. The molecule has 6 heteroatoms. The van der Waals surface area contributed by atoms with Gasteiger partial charge in [-0.25, -0.2) is 9.98 Å². The Bertz CT molecular complexity index is 1270. The van der Waals surface area contributed by atoms with Crippen molar-refractivity contribution in [3.05, 3.63) is 89.1 Å². The van der Waals surface area contributed by atoms with Crippen molar-refractivity contribution in [2.75, 3.05) is 5.32 Å². The lowest BCUT2D eigenvalue weighted by molar-refractivity contribution is 0.102. The molecule has 2 aromatic heterocycles. The molecule has 0 aliphatic carbocycles. The number of hydrogen-bond donors (Lipinski definition) is 2. The highest BCUT2D eigenvalue weighted by molar-refractivity contribution is 6.05. The Balaban J connectivity index is 1.86. The minimum absolute atomic E-state index is 0.0733. The average molecular weight is 385 g/mol. The molecule has 29 heavy (non-hydrogen) atoms. The fourth-order valence-corrected chi connectivity index (χ4v) is 2.88. The minimum Gasteiger partial charge on any atom is -0.508 e. The third-order valence-corrected chi connectivity index (χ3v) is 4.47. The summed E-state index contributed by atoms with van der Waals surface area (Å²) in [6.45, 7) is 3.86. The maximum Gasteiger partial charge on any atom is 0.262 e. The number of aromatic hydroxyl groups is 1. The number of phenolic OH excluding ortho intramolecular Hbond substituents is 1. The van der Waals surface area contributed by atoms with Crippen molar-refractivity contribution in [2.45, 2.75) is 13.8 Å². The van der Waals surface area contributed by atoms with Gasteiger partial charge in [0.2, 0.25) is 5.55 Å². The van der Waals surface area contributed by atoms with Crippen molar-refractivity contribution in [2.24, 2.45) is 4.99 Å². The molecule has 0 radical (unpaired) electrons. The Hall–Kier alpha value is -3.93. The third-order valence-electron chi connectivity index (χ3n) is 4.47. The van der Waals surface area contributed by atoms with Gasteiger partial charge in [0.15, 0.2) is 0 Å². The van der Waals surface area contributed by atoms with E-state index in [0.29, 0.717) is 22.5 Å². The highest BCUT2D eigenvalue weighted by Crippen LogP contribution is 2.21. The van der Waals surface area contributed by atoms with E-state index in [4.69, 9.17) is 4.42 Å². The lowest BCUT2D eigenvalue weighted by atomic mass is 10.1. The van der Waals surface area contributed by atoms with Crippen LogP contribution < -0.4 is 10.9 Å². The van der Waals surface area contributed by atoms with Gasteiger partial charge >= 0.3 is 0 Å². The van der Waals surface area contributed by atoms with Crippen LogP contribution in [0.25, 0.3) is 11.0 Å². The summed E-state index contributed by atoms with van der Waals surface area (Å²) in [6, 6.07) is 17.6. The molecule has 0 saturated carbocycles. The first-order chi connectivity index (χ1) is 14.0. The Morgan fingerprint density at radius 2 is 1.90 bits per heavy atom. The maximum atomic E-state index is 13.0. The van der Waals surface area contributed by atoms with Crippen LogP contribution in [0.3, 0.4) is 0 Å². The molecule has 0 saturated heterocycles. The van der Waals surface area contributed by atoms with Crippen LogP contribution in [-0.4, -0.2) is 16.0 Å². The number of nitrogens with one attached hydrogen (secondary N) is 1. The number of carbonyl (C=O) groups is 1. The minimum atomic E-state index is -0.382. The first kappa shape index (κ1) is 18.4. The summed E-state index contributed by atoms with van der Waals surface area (Å²) in [5.74, 6) is 0.129. The predicted molar refractivity (Wildman–Crippen MR) is 111 cm³/mol. The summed E-state index contributed by atoms with van der Waals surface area (Å²) in [6.07, 6.45) is 1.68. The smallest absolute Gasteiger partial charge is 0.262 e. The topological polar surface area (TPSA) is 87.7 Å². The molecule has 144 valence electrons. The van der Waals surface area contributed by atoms with Gasteiger partial charge in [-0.2, -0.15) is 0 Å². The van der Waals surface area contributed by atoms with Gasteiger partial charge in [0, 0.05) is 17.6 Å². The van der Waals surface area contributed by atoms with Crippen molar-refractivity contribution < 1.29 is 14.3 Å². The summed E-state index contributed by atoms with van der Waals surface area (Å²) >= 11 is 0. The molecule has 2 N–H and O–H groups in total. The molecule has 4 aromatic rings. The fraction of sp³-hybridized carbons (Fsp3) is 0.0870. The second-order valence-corrected chi connectivity index (χ2v) is 6.76. The van der Waals surface area contributed by atoms with Crippen LogP contribution in [-0.2, 0) is 0 Å². The molecule has 0 fully saturated rings. The number of aromatic nitrogens is 1. The number of hydrogen-bond acceptors (Lipinski definition) is 5. The quantitative estimate of drug-likeness (QED) is 0.538. The van der Waals surface area contributed by atoms with Crippen LogP contribution in [0.2, 0.25) is 0 Å². The SMILES string of the molecule is Cc1ccc(NC(=O)c2cc3ccc(O)cc3oc2=Nc2ccccc2C)nc1. The second-order valence-electron chi connectivity index (χ2n) is 6.76. The number of nitrogens with zero attached hydrogens (tertiary/aromatic N) is 2. The van der Waals surface area contributed by atoms with E-state index in [1.54, 1.807) is 30.5 Å². The van der Waals surface area contributed by atoms with Crippen molar-refractivity contribution in [1.29, 1.82) is 0 Å². The number of amides is 1. The number of rotatable bonds is 3. The van der Waals surface area contributed by atoms with Crippen LogP contribution in [0.15, 0.2) is 76.3 Å². The Kier molecular flexibility index (Phi) is 4.83. The van der Waals surface area contributed by atoms with Crippen molar-refractivity contribution in [1.82, 2.24) is 4.98 Å². The van der Waals surface area contributed by atoms with Crippen molar-refractivity contribution in [3.63, 3.8) is 0 Å². The maximum absolute atomic E-state index is 13.0. The zero-order chi connectivity index (χ0) is 20.4. The molecule has 2 heterocycles. The number of carbonyl (C=O) groups excluding carboxylic acids is 1. The van der Waals surface area contributed by atoms with Gasteiger partial charge in [-0.05, 0) is 55.3 Å². The van der Waals surface area contributed by atoms with Crippen molar-refractivity contribution in [3.8, 4) is 5.75 Å². The van der Waals surface area contributed by atoms with Gasteiger partial charge in [0.1, 0.15) is 22.7 Å². The van der Waals surface area contributed by atoms with Crippen molar-refractivity contribution >= 4 is 28.4 Å². The normalized spacial score (nSPS) is 11.6. The molecule has 0 atom stereocenters. The zero-order valence-electron chi connectivity index (χ0n) is 16.0. The number of anilines is 1. The summed E-state index contributed by atoms with van der Waals surface area (Å²) in [4.78, 5) is 21.8. The number of benzene rings is 2. The largest absolute Gasteiger partial charge is 0.508 e. The molecular weight excluding hydrogens is 366 g/mol. The average Bonchev–Trinajstić information content (AvgIpc) is 2.71. The number of para-hydroxylation sites is 1. The monoisotopic (exact) mass is 385 g/mol. The van der Waals surface area contributed by atoms with E-state index in [9.17, 15) is 9.90 Å². The summed E-state index contributed by atoms with van der Waals surface area (Å²) in [5.41, 5.74) is 3.50. The van der Waals surface area contributed by atoms with Crippen LogP contribution >= 0.6 is 0 Å². The highest BCUT2D eigenvalue weighted by atomic mass is 16.3. The fourth-order valence-electron chi connectivity index (χ4n) is 2.88. The molecule has 0 unspecified atom stereocenters. The lowest BCUT2D eigenvalue weighted by Crippen LogP contribution is -2.22. The highest BCUT2D eigenvalue weighted by Gasteiger charge is 2.14. The van der Waals surface area contributed by atoms with E-state index in [1.165, 1.54) is 6.07 Å². The van der Waals surface area contributed by atoms with E-state index in [1.807, 2.05) is 44.2 Å². The van der Waals surface area contributed by atoms with Gasteiger partial charge in [-0.3, -0.25) is 4.79 Å². The van der Waals surface area contributed by atoms with E-state index in [2.05, 4.69) is 15.3 Å². The van der Waals surface area contributed by atoms with Gasteiger partial charge in [-0.15, -0.1) is 0 Å². The summed E-state index contributed by atoms with van der Waals surface area (Å²) < 4.78 is 5.90. The van der Waals surface area contributed by atoms with E-state index >= 15 is 0 Å². The number of fused-ring (bicyclic) bond motifs is 1. The Morgan fingerprint density at radius 1 is 1.07 bits per heavy atom. The van der Waals surface area contributed by atoms with E-state index in [0.717, 1.165) is 11.1 Å². The van der Waals surface area contributed by atoms with Crippen LogP contribution in [0.5, 0.6) is 5.75 Å². The standard InChI is InChI=1S/C23H19N3O3/c1-14-7-10-21(24-13-14)26-22(28)18-11-16-8-9-17(27)12-20(16)29-23(18)25-19-6-4-3-5-15(19)2/h3-13,27H,1-2H3,(H,24,26,28). The summed E-state index contributed by atoms with van der Waals surface area (Å²) in [7, 11) is 0. The molecule has 1 amide bonds. The molecule has 6 nitrogen and oxygen atoms in total. The first-order valence-corrected chi connectivity index (χ1v) is 9.11. The molecule has 0 bridgehead atoms. The first-order valence-electron chi connectivity index (χ1n) is 9.11.